The Bertz CT molecular complexity index is 1330. The standard InChI is InChI=1S/C26H34N4O5S/c1-8-35-23-11-17-14-30(24(27)20(17)13-21(23)25(32)28-5)15-22(31)16-9-18(26(2,3)4)12-19(10-16)29(6)36(7,33)34/h9-13,27H,8,14-15H2,1-7H3,(H,28,32). The monoisotopic (exact) mass is 514 g/mol. The topological polar surface area (TPSA) is 120 Å². The molecule has 9 nitrogen and oxygen atoms in total. The normalized spacial score (nSPS) is 13.4. The van der Waals surface area contributed by atoms with Gasteiger partial charge in [-0.2, -0.15) is 0 Å². The zero-order valence-corrected chi connectivity index (χ0v) is 22.7. The Labute approximate surface area is 213 Å². The largest absolute Gasteiger partial charge is 0.493 e. The third-order valence-corrected chi connectivity index (χ3v) is 7.42. The molecule has 0 fully saturated rings. The zero-order valence-electron chi connectivity index (χ0n) is 21.9. The number of ketones is 1. The number of amides is 1. The summed E-state index contributed by atoms with van der Waals surface area (Å²) in [7, 11) is -0.530. The average Bonchev–Trinajstić information content (AvgIpc) is 3.10. The molecule has 1 aliphatic heterocycles. The third-order valence-electron chi connectivity index (χ3n) is 6.21. The Morgan fingerprint density at radius 2 is 1.83 bits per heavy atom. The van der Waals surface area contributed by atoms with E-state index in [4.69, 9.17) is 10.1 Å². The molecule has 2 aromatic carbocycles. The van der Waals surface area contributed by atoms with Crippen LogP contribution in [0.4, 0.5) is 5.69 Å². The molecule has 1 heterocycles. The Balaban J connectivity index is 1.94. The number of anilines is 1. The van der Waals surface area contributed by atoms with Gasteiger partial charge < -0.3 is 15.0 Å². The minimum Gasteiger partial charge on any atom is -0.493 e. The number of fused-ring (bicyclic) bond motifs is 1. The molecule has 10 heteroatoms. The van der Waals surface area contributed by atoms with Crippen LogP contribution in [0.5, 0.6) is 5.75 Å². The molecule has 0 bridgehead atoms. The predicted octanol–water partition coefficient (Wildman–Crippen LogP) is 3.16. The lowest BCUT2D eigenvalue weighted by molar-refractivity contribution is 0.0953. The van der Waals surface area contributed by atoms with Gasteiger partial charge in [0.1, 0.15) is 11.6 Å². The number of ether oxygens (including phenoxy) is 1. The van der Waals surface area contributed by atoms with Crippen LogP contribution in [0.15, 0.2) is 30.3 Å². The van der Waals surface area contributed by atoms with Gasteiger partial charge in [0.2, 0.25) is 10.0 Å². The molecule has 36 heavy (non-hydrogen) atoms. The van der Waals surface area contributed by atoms with Gasteiger partial charge in [0.25, 0.3) is 5.91 Å². The fourth-order valence-electron chi connectivity index (χ4n) is 3.99. The van der Waals surface area contributed by atoms with Gasteiger partial charge in [0, 0.05) is 31.8 Å². The summed E-state index contributed by atoms with van der Waals surface area (Å²) in [6.45, 7) is 8.45. The first-order valence-electron chi connectivity index (χ1n) is 11.7. The molecular weight excluding hydrogens is 480 g/mol. The smallest absolute Gasteiger partial charge is 0.254 e. The van der Waals surface area contributed by atoms with E-state index in [0.29, 0.717) is 41.3 Å². The van der Waals surface area contributed by atoms with Crippen LogP contribution < -0.4 is 14.4 Å². The highest BCUT2D eigenvalue weighted by molar-refractivity contribution is 7.92. The fraction of sp³-hybridized carbons (Fsp3) is 0.423. The lowest BCUT2D eigenvalue weighted by atomic mass is 9.85. The van der Waals surface area contributed by atoms with Crippen molar-refractivity contribution in [2.24, 2.45) is 0 Å². The van der Waals surface area contributed by atoms with Crippen LogP contribution >= 0.6 is 0 Å². The first-order chi connectivity index (χ1) is 16.7. The van der Waals surface area contributed by atoms with E-state index >= 15 is 0 Å². The number of nitrogens with one attached hydrogen (secondary N) is 2. The maximum atomic E-state index is 13.4. The second-order valence-electron chi connectivity index (χ2n) is 9.89. The van der Waals surface area contributed by atoms with E-state index in [1.54, 1.807) is 35.2 Å². The van der Waals surface area contributed by atoms with Crippen molar-refractivity contribution < 1.29 is 22.7 Å². The predicted molar refractivity (Wildman–Crippen MR) is 141 cm³/mol. The number of Topliss-reactive ketones (excluding diaryl/α,β-unsaturated/α-hetero) is 1. The SMILES string of the molecule is CCOc1cc2c(cc1C(=O)NC)C(=N)N(CC(=O)c1cc(N(C)S(C)(=O)=O)cc(C(C)(C)C)c1)C2. The number of rotatable bonds is 8. The van der Waals surface area contributed by atoms with Gasteiger partial charge in [-0.3, -0.25) is 19.3 Å². The quantitative estimate of drug-likeness (QED) is 0.522. The molecular formula is C26H34N4O5S. The molecule has 0 saturated heterocycles. The van der Waals surface area contributed by atoms with Crippen molar-refractivity contribution >= 4 is 33.2 Å². The second-order valence-corrected chi connectivity index (χ2v) is 11.9. The zero-order chi connectivity index (χ0) is 27.0. The van der Waals surface area contributed by atoms with Crippen molar-refractivity contribution in [1.82, 2.24) is 10.2 Å². The highest BCUT2D eigenvalue weighted by Gasteiger charge is 2.30. The summed E-state index contributed by atoms with van der Waals surface area (Å²) < 4.78 is 31.1. The molecule has 3 rings (SSSR count). The lowest BCUT2D eigenvalue weighted by Gasteiger charge is -2.25. The second kappa shape index (κ2) is 9.93. The number of carbonyl (C=O) groups excluding carboxylic acids is 2. The van der Waals surface area contributed by atoms with E-state index < -0.39 is 10.0 Å². The van der Waals surface area contributed by atoms with Crippen molar-refractivity contribution in [2.45, 2.75) is 39.7 Å². The van der Waals surface area contributed by atoms with Crippen molar-refractivity contribution in [2.75, 3.05) is 37.8 Å². The summed E-state index contributed by atoms with van der Waals surface area (Å²) in [5.41, 5.74) is 3.00. The molecule has 0 unspecified atom stereocenters. The molecule has 0 aromatic heterocycles. The van der Waals surface area contributed by atoms with Crippen LogP contribution in [0, 0.1) is 5.41 Å². The molecule has 0 saturated carbocycles. The summed E-state index contributed by atoms with van der Waals surface area (Å²) >= 11 is 0. The van der Waals surface area contributed by atoms with Crippen molar-refractivity contribution in [1.29, 1.82) is 5.41 Å². The van der Waals surface area contributed by atoms with Gasteiger partial charge >= 0.3 is 0 Å². The first-order valence-corrected chi connectivity index (χ1v) is 13.5. The van der Waals surface area contributed by atoms with Gasteiger partial charge in [-0.05, 0) is 53.8 Å². The van der Waals surface area contributed by atoms with Crippen LogP contribution in [0.1, 0.15) is 65.1 Å². The van der Waals surface area contributed by atoms with Crippen LogP contribution in [0.3, 0.4) is 0 Å². The van der Waals surface area contributed by atoms with E-state index in [-0.39, 0.29) is 29.5 Å². The Kier molecular flexibility index (Phi) is 7.50. The summed E-state index contributed by atoms with van der Waals surface area (Å²) in [4.78, 5) is 27.4. The van der Waals surface area contributed by atoms with Crippen molar-refractivity contribution in [3.63, 3.8) is 0 Å². The molecule has 1 aliphatic rings. The van der Waals surface area contributed by atoms with Crippen molar-refractivity contribution in [3.05, 3.63) is 58.1 Å². The minimum atomic E-state index is -3.52. The number of nitrogens with zero attached hydrogens (tertiary/aromatic N) is 2. The molecule has 2 N–H and O–H groups in total. The number of hydrogen-bond donors (Lipinski definition) is 2. The highest BCUT2D eigenvalue weighted by atomic mass is 32.2. The van der Waals surface area contributed by atoms with E-state index in [0.717, 1.165) is 21.7 Å². The molecule has 2 aromatic rings. The average molecular weight is 515 g/mol. The number of benzene rings is 2. The third kappa shape index (κ3) is 5.53. The minimum absolute atomic E-state index is 0.0670. The Hall–Kier alpha value is -3.40. The first kappa shape index (κ1) is 27.2. The van der Waals surface area contributed by atoms with Gasteiger partial charge in [0.05, 0.1) is 30.7 Å². The molecule has 0 aliphatic carbocycles. The van der Waals surface area contributed by atoms with Gasteiger partial charge in [0.15, 0.2) is 5.78 Å². The van der Waals surface area contributed by atoms with E-state index in [1.807, 2.05) is 27.7 Å². The Morgan fingerprint density at radius 1 is 1.17 bits per heavy atom. The van der Waals surface area contributed by atoms with Crippen molar-refractivity contribution in [3.8, 4) is 5.75 Å². The summed E-state index contributed by atoms with van der Waals surface area (Å²) in [5, 5.41) is 11.2. The van der Waals surface area contributed by atoms with Gasteiger partial charge in [-0.1, -0.05) is 20.8 Å². The van der Waals surface area contributed by atoms with Crippen LogP contribution in [0.25, 0.3) is 0 Å². The van der Waals surface area contributed by atoms with Crippen LogP contribution in [-0.4, -0.2) is 64.3 Å². The van der Waals surface area contributed by atoms with Gasteiger partial charge in [-0.15, -0.1) is 0 Å². The van der Waals surface area contributed by atoms with Crippen LogP contribution in [0.2, 0.25) is 0 Å². The Morgan fingerprint density at radius 3 is 2.39 bits per heavy atom. The van der Waals surface area contributed by atoms with E-state index in [1.165, 1.54) is 14.1 Å². The van der Waals surface area contributed by atoms with Gasteiger partial charge in [-0.25, -0.2) is 8.42 Å². The molecule has 194 valence electrons. The highest BCUT2D eigenvalue weighted by Crippen LogP contribution is 2.32. The number of sulfonamides is 1. The molecule has 0 spiro atoms. The number of hydrogen-bond acceptors (Lipinski definition) is 6. The summed E-state index contributed by atoms with van der Waals surface area (Å²) in [5.74, 6) is 0.0263. The summed E-state index contributed by atoms with van der Waals surface area (Å²) in [6, 6.07) is 8.52. The summed E-state index contributed by atoms with van der Waals surface area (Å²) in [6.07, 6.45) is 1.12. The molecule has 0 radical (unpaired) electrons. The van der Waals surface area contributed by atoms with Crippen LogP contribution in [-0.2, 0) is 22.0 Å². The number of carbonyl (C=O) groups is 2. The molecule has 0 atom stereocenters. The van der Waals surface area contributed by atoms with E-state index in [2.05, 4.69) is 5.32 Å². The number of amidine groups is 1. The maximum absolute atomic E-state index is 13.4. The fourth-order valence-corrected chi connectivity index (χ4v) is 4.48. The maximum Gasteiger partial charge on any atom is 0.254 e. The lowest BCUT2D eigenvalue weighted by Crippen LogP contribution is -2.31. The molecule has 1 amide bonds. The van der Waals surface area contributed by atoms with E-state index in [9.17, 15) is 18.0 Å².